The second-order valence-corrected chi connectivity index (χ2v) is 5.04. The molecule has 0 heterocycles. The molecule has 0 aliphatic heterocycles. The first kappa shape index (κ1) is 15.6. The Morgan fingerprint density at radius 3 is 2.79 bits per heavy atom. The molecule has 1 N–H and O–H groups in total. The van der Waals surface area contributed by atoms with Gasteiger partial charge < -0.3 is 14.6 Å². The molecule has 0 spiro atoms. The van der Waals surface area contributed by atoms with E-state index in [0.29, 0.717) is 26.6 Å². The van der Waals surface area contributed by atoms with E-state index in [-0.39, 0.29) is 6.61 Å². The Morgan fingerprint density at radius 2 is 2.26 bits per heavy atom. The molecule has 1 aromatic rings. The zero-order valence-electron chi connectivity index (χ0n) is 10.2. The predicted octanol–water partition coefficient (Wildman–Crippen LogP) is 3.73. The number of methoxy groups -OCH3 is 1. The smallest absolute Gasteiger partial charge is 0.328 e. The summed E-state index contributed by atoms with van der Waals surface area (Å²) < 4.78 is 11.3. The number of carboxylic acid groups (broad SMARTS) is 1. The number of ether oxygens (including phenoxy) is 2. The number of aliphatic carboxylic acids is 1. The molecule has 102 valence electrons. The van der Waals surface area contributed by atoms with Crippen molar-refractivity contribution >= 4 is 39.6 Å². The number of carbonyl (C=O) groups is 1. The Hall–Kier alpha value is -1.46. The first-order chi connectivity index (χ1) is 8.93. The van der Waals surface area contributed by atoms with Crippen LogP contribution >= 0.6 is 27.5 Å². The summed E-state index contributed by atoms with van der Waals surface area (Å²) in [6, 6.07) is 3.23. The van der Waals surface area contributed by atoms with Gasteiger partial charge in [0.2, 0.25) is 0 Å². The first-order valence-electron chi connectivity index (χ1n) is 5.18. The van der Waals surface area contributed by atoms with Crippen molar-refractivity contribution in [1.29, 1.82) is 0 Å². The van der Waals surface area contributed by atoms with E-state index in [4.69, 9.17) is 26.2 Å². The predicted molar refractivity (Wildman–Crippen MR) is 78.2 cm³/mol. The third kappa shape index (κ3) is 4.96. The van der Waals surface area contributed by atoms with Gasteiger partial charge in [-0.25, -0.2) is 4.79 Å². The molecule has 0 atom stereocenters. The molecule has 1 rings (SSSR count). The van der Waals surface area contributed by atoms with Gasteiger partial charge in [-0.05, 0) is 23.8 Å². The van der Waals surface area contributed by atoms with E-state index in [2.05, 4.69) is 22.5 Å². The lowest BCUT2D eigenvalue weighted by molar-refractivity contribution is -0.131. The molecule has 19 heavy (non-hydrogen) atoms. The fourth-order valence-electron chi connectivity index (χ4n) is 1.29. The van der Waals surface area contributed by atoms with Crippen molar-refractivity contribution in [3.05, 3.63) is 39.9 Å². The second kappa shape index (κ2) is 7.21. The van der Waals surface area contributed by atoms with Crippen LogP contribution < -0.4 is 9.47 Å². The van der Waals surface area contributed by atoms with Crippen LogP contribution in [-0.4, -0.2) is 24.8 Å². The van der Waals surface area contributed by atoms with Crippen LogP contribution in [0.1, 0.15) is 5.56 Å². The molecule has 0 bridgehead atoms. The minimum Gasteiger partial charge on any atom is -0.493 e. The quantitative estimate of drug-likeness (QED) is 0.797. The molecule has 6 heteroatoms. The van der Waals surface area contributed by atoms with Crippen LogP contribution in [-0.2, 0) is 4.79 Å². The topological polar surface area (TPSA) is 55.8 Å². The van der Waals surface area contributed by atoms with Gasteiger partial charge in [-0.15, -0.1) is 0 Å². The average Bonchev–Trinajstić information content (AvgIpc) is 2.34. The van der Waals surface area contributed by atoms with Crippen LogP contribution in [0.5, 0.6) is 11.5 Å². The maximum atomic E-state index is 10.5. The van der Waals surface area contributed by atoms with Gasteiger partial charge in [-0.1, -0.05) is 34.1 Å². The van der Waals surface area contributed by atoms with Gasteiger partial charge in [-0.2, -0.15) is 0 Å². The van der Waals surface area contributed by atoms with Crippen LogP contribution in [0.15, 0.2) is 29.3 Å². The normalized spacial score (nSPS) is 10.5. The highest BCUT2D eigenvalue weighted by atomic mass is 79.9. The first-order valence-corrected chi connectivity index (χ1v) is 6.35. The van der Waals surface area contributed by atoms with Gasteiger partial charge in [0.1, 0.15) is 6.61 Å². The molecule has 0 radical (unpaired) electrons. The summed E-state index contributed by atoms with van der Waals surface area (Å²) in [5.74, 6) is -0.227. The maximum Gasteiger partial charge on any atom is 0.328 e. The molecule has 0 fully saturated rings. The third-order valence-corrected chi connectivity index (χ3v) is 2.55. The maximum absolute atomic E-state index is 10.5. The largest absolute Gasteiger partial charge is 0.493 e. The summed E-state index contributed by atoms with van der Waals surface area (Å²) in [6.45, 7) is 3.90. The van der Waals surface area contributed by atoms with Crippen molar-refractivity contribution < 1.29 is 19.4 Å². The minimum atomic E-state index is -1.04. The van der Waals surface area contributed by atoms with E-state index < -0.39 is 5.97 Å². The number of hydrogen-bond acceptors (Lipinski definition) is 3. The highest BCUT2D eigenvalue weighted by Crippen LogP contribution is 2.37. The van der Waals surface area contributed by atoms with Gasteiger partial charge in [0.05, 0.1) is 12.1 Å². The van der Waals surface area contributed by atoms with Crippen LogP contribution in [0.4, 0.5) is 0 Å². The van der Waals surface area contributed by atoms with Crippen molar-refractivity contribution in [2.45, 2.75) is 0 Å². The summed E-state index contributed by atoms with van der Waals surface area (Å²) in [5.41, 5.74) is 0.606. The van der Waals surface area contributed by atoms with Crippen molar-refractivity contribution in [2.75, 3.05) is 13.7 Å². The molecule has 0 amide bonds. The molecular formula is C13H12BrClO4. The van der Waals surface area contributed by atoms with Crippen LogP contribution in [0.2, 0.25) is 5.02 Å². The van der Waals surface area contributed by atoms with E-state index in [1.165, 1.54) is 13.2 Å². The molecule has 0 unspecified atom stereocenters. The van der Waals surface area contributed by atoms with Crippen molar-refractivity contribution in [3.8, 4) is 11.5 Å². The Balaban J connectivity index is 3.07. The Morgan fingerprint density at radius 1 is 1.58 bits per heavy atom. The zero-order chi connectivity index (χ0) is 14.4. The second-order valence-electron chi connectivity index (χ2n) is 3.51. The fourth-order valence-corrected chi connectivity index (χ4v) is 1.68. The number of carboxylic acids is 1. The summed E-state index contributed by atoms with van der Waals surface area (Å²) in [6.07, 6.45) is 2.44. The fraction of sp³-hybridized carbons (Fsp3) is 0.154. The molecule has 0 aliphatic carbocycles. The van der Waals surface area contributed by atoms with E-state index >= 15 is 0 Å². The number of rotatable bonds is 6. The lowest BCUT2D eigenvalue weighted by Gasteiger charge is -2.12. The molecule has 0 aromatic heterocycles. The third-order valence-electron chi connectivity index (χ3n) is 2.04. The molecule has 0 saturated heterocycles. The summed E-state index contributed by atoms with van der Waals surface area (Å²) >= 11 is 9.26. The van der Waals surface area contributed by atoms with Gasteiger partial charge in [0.15, 0.2) is 11.5 Å². The van der Waals surface area contributed by atoms with Gasteiger partial charge >= 0.3 is 5.97 Å². The molecular weight excluding hydrogens is 335 g/mol. The molecule has 4 nitrogen and oxygen atoms in total. The van der Waals surface area contributed by atoms with Crippen LogP contribution in [0, 0.1) is 0 Å². The summed E-state index contributed by atoms with van der Waals surface area (Å²) in [4.78, 5) is 10.5. The highest BCUT2D eigenvalue weighted by molar-refractivity contribution is 9.11. The lowest BCUT2D eigenvalue weighted by atomic mass is 10.2. The van der Waals surface area contributed by atoms with Crippen molar-refractivity contribution in [1.82, 2.24) is 0 Å². The van der Waals surface area contributed by atoms with Crippen LogP contribution in [0.3, 0.4) is 0 Å². The average molecular weight is 348 g/mol. The molecule has 1 aromatic carbocycles. The number of halogens is 2. The van der Waals surface area contributed by atoms with E-state index in [1.807, 2.05) is 0 Å². The van der Waals surface area contributed by atoms with E-state index in [9.17, 15) is 4.79 Å². The lowest BCUT2D eigenvalue weighted by Crippen LogP contribution is -1.99. The number of benzene rings is 1. The van der Waals surface area contributed by atoms with E-state index in [1.54, 1.807) is 12.1 Å². The van der Waals surface area contributed by atoms with E-state index in [0.717, 1.165) is 6.08 Å². The zero-order valence-corrected chi connectivity index (χ0v) is 12.5. The highest BCUT2D eigenvalue weighted by Gasteiger charge is 2.11. The van der Waals surface area contributed by atoms with Crippen molar-refractivity contribution in [3.63, 3.8) is 0 Å². The standard InChI is InChI=1S/C13H12BrClO4/c1-8(14)7-19-13-10(15)5-9(3-4-12(16)17)6-11(13)18-2/h3-6H,1,7H2,2H3,(H,16,17)/b4-3+. The van der Waals surface area contributed by atoms with Crippen LogP contribution in [0.25, 0.3) is 6.08 Å². The molecule has 0 saturated carbocycles. The van der Waals surface area contributed by atoms with Gasteiger partial charge in [-0.3, -0.25) is 0 Å². The minimum absolute atomic E-state index is 0.250. The molecule has 0 aliphatic rings. The van der Waals surface area contributed by atoms with Crippen molar-refractivity contribution in [2.24, 2.45) is 0 Å². The summed E-state index contributed by atoms with van der Waals surface area (Å²) in [5, 5.41) is 8.91. The SMILES string of the molecule is C=C(Br)COc1c(Cl)cc(/C=C/C(=O)O)cc1OC. The number of hydrogen-bond donors (Lipinski definition) is 1. The Bertz CT molecular complexity index is 526. The van der Waals surface area contributed by atoms with Gasteiger partial charge in [0, 0.05) is 10.6 Å². The monoisotopic (exact) mass is 346 g/mol. The Labute approximate surface area is 124 Å². The summed E-state index contributed by atoms with van der Waals surface area (Å²) in [7, 11) is 1.48. The van der Waals surface area contributed by atoms with Gasteiger partial charge in [0.25, 0.3) is 0 Å². The Kier molecular flexibility index (Phi) is 5.92.